The number of para-hydroxylation sites is 1. The average molecular weight is 730 g/mol. The Hall–Kier alpha value is -7.42. The molecule has 0 aliphatic heterocycles. The standard InChI is InChI=1S/C55H35NO/c1-2-13-36(14-3-1)37-25-30-40(31-26-37)56(41-32-27-38(28-33-41)39-29-34-53-46(35-39)44-17-7-11-24-52(44)57-53)51-23-12-22-50-54(51)45-18-6-10-21-49(45)55(50)47-19-8-4-15-42(47)43-16-5-9-20-48(43)55/h1-35H/i25D,26D,30D,31D. The Bertz CT molecular complexity index is 3350. The van der Waals surface area contributed by atoms with Gasteiger partial charge in [-0.3, -0.25) is 0 Å². The van der Waals surface area contributed by atoms with Gasteiger partial charge in [0.15, 0.2) is 0 Å². The van der Waals surface area contributed by atoms with E-state index < -0.39 is 5.41 Å². The van der Waals surface area contributed by atoms with Crippen molar-refractivity contribution in [3.05, 3.63) is 234 Å². The lowest BCUT2D eigenvalue weighted by Gasteiger charge is -2.32. The van der Waals surface area contributed by atoms with Crippen LogP contribution in [0.15, 0.2) is 217 Å². The molecule has 0 amide bonds. The smallest absolute Gasteiger partial charge is 0.135 e. The van der Waals surface area contributed by atoms with E-state index in [4.69, 9.17) is 4.42 Å². The first kappa shape index (κ1) is 28.1. The molecule has 0 saturated heterocycles. The molecule has 0 unspecified atom stereocenters. The average Bonchev–Trinajstić information content (AvgIpc) is 3.94. The van der Waals surface area contributed by atoms with E-state index in [1.54, 1.807) is 0 Å². The predicted molar refractivity (Wildman–Crippen MR) is 236 cm³/mol. The zero-order valence-electron chi connectivity index (χ0n) is 34.8. The molecule has 9 aromatic carbocycles. The molecule has 2 aliphatic rings. The van der Waals surface area contributed by atoms with Gasteiger partial charge < -0.3 is 9.32 Å². The molecule has 1 aromatic heterocycles. The molecule has 10 aromatic rings. The van der Waals surface area contributed by atoms with Crippen LogP contribution in [0, 0.1) is 0 Å². The third kappa shape index (κ3) is 4.59. The van der Waals surface area contributed by atoms with Gasteiger partial charge in [0.1, 0.15) is 11.2 Å². The lowest BCUT2D eigenvalue weighted by Crippen LogP contribution is -2.26. The minimum atomic E-state index is -0.605. The molecule has 57 heavy (non-hydrogen) atoms. The maximum Gasteiger partial charge on any atom is 0.135 e. The topological polar surface area (TPSA) is 16.4 Å². The number of benzene rings is 9. The van der Waals surface area contributed by atoms with E-state index in [1.165, 1.54) is 27.8 Å². The van der Waals surface area contributed by atoms with Crippen molar-refractivity contribution in [3.63, 3.8) is 0 Å². The molecule has 0 saturated carbocycles. The second-order valence-electron chi connectivity index (χ2n) is 14.9. The molecule has 2 nitrogen and oxygen atoms in total. The Morgan fingerprint density at radius 1 is 0.386 bits per heavy atom. The van der Waals surface area contributed by atoms with Crippen molar-refractivity contribution in [1.29, 1.82) is 0 Å². The number of rotatable bonds is 5. The molecule has 0 atom stereocenters. The summed E-state index contributed by atoms with van der Waals surface area (Å²) in [5.74, 6) is 0. The van der Waals surface area contributed by atoms with Crippen molar-refractivity contribution in [2.24, 2.45) is 0 Å². The van der Waals surface area contributed by atoms with Gasteiger partial charge in [0.2, 0.25) is 0 Å². The first-order chi connectivity index (χ1) is 29.9. The Labute approximate surface area is 337 Å². The SMILES string of the molecule is [2H]c1c([2H])c(N(c2ccc(-c3ccc4oc5ccccc5c4c3)cc2)c2cccc3c2-c2ccccc2C32c3ccccc3-c3ccccc32)c([2H])c([2H])c1-c1ccccc1. The molecule has 0 fully saturated rings. The van der Waals surface area contributed by atoms with Crippen molar-refractivity contribution in [2.45, 2.75) is 5.41 Å². The van der Waals surface area contributed by atoms with Crippen LogP contribution in [0.5, 0.6) is 0 Å². The van der Waals surface area contributed by atoms with E-state index in [-0.39, 0.29) is 35.4 Å². The van der Waals surface area contributed by atoms with Crippen LogP contribution in [0.4, 0.5) is 17.1 Å². The highest BCUT2D eigenvalue weighted by molar-refractivity contribution is 6.06. The molecule has 2 aliphatic carbocycles. The fraction of sp³-hybridized carbons (Fsp3) is 0.0182. The molecule has 0 N–H and O–H groups in total. The van der Waals surface area contributed by atoms with Gasteiger partial charge in [0.25, 0.3) is 0 Å². The van der Waals surface area contributed by atoms with Gasteiger partial charge in [-0.2, -0.15) is 0 Å². The van der Waals surface area contributed by atoms with E-state index in [2.05, 4.69) is 121 Å². The monoisotopic (exact) mass is 729 g/mol. The number of anilines is 3. The van der Waals surface area contributed by atoms with E-state index in [1.807, 2.05) is 71.6 Å². The molecule has 266 valence electrons. The summed E-state index contributed by atoms with van der Waals surface area (Å²) < 4.78 is 44.4. The van der Waals surface area contributed by atoms with Crippen LogP contribution in [0.3, 0.4) is 0 Å². The summed E-state index contributed by atoms with van der Waals surface area (Å²) in [7, 11) is 0. The summed E-state index contributed by atoms with van der Waals surface area (Å²) in [5, 5.41) is 2.11. The molecular weight excluding hydrogens is 691 g/mol. The van der Waals surface area contributed by atoms with Gasteiger partial charge >= 0.3 is 0 Å². The van der Waals surface area contributed by atoms with Crippen molar-refractivity contribution in [2.75, 3.05) is 4.90 Å². The van der Waals surface area contributed by atoms with Crippen LogP contribution in [-0.4, -0.2) is 0 Å². The summed E-state index contributed by atoms with van der Waals surface area (Å²) >= 11 is 0. The van der Waals surface area contributed by atoms with Crippen molar-refractivity contribution in [3.8, 4) is 44.5 Å². The third-order valence-corrected chi connectivity index (χ3v) is 12.0. The van der Waals surface area contributed by atoms with Crippen LogP contribution in [0.2, 0.25) is 0 Å². The molecule has 2 heteroatoms. The Morgan fingerprint density at radius 2 is 0.947 bits per heavy atom. The Balaban J connectivity index is 1.11. The minimum Gasteiger partial charge on any atom is -0.456 e. The fourth-order valence-corrected chi connectivity index (χ4v) is 9.57. The van der Waals surface area contributed by atoms with Crippen molar-refractivity contribution >= 4 is 39.0 Å². The van der Waals surface area contributed by atoms with E-state index in [0.717, 1.165) is 55.4 Å². The Morgan fingerprint density at radius 3 is 1.68 bits per heavy atom. The molecule has 0 bridgehead atoms. The van der Waals surface area contributed by atoms with Gasteiger partial charge in [0, 0.05) is 27.7 Å². The molecule has 1 heterocycles. The largest absolute Gasteiger partial charge is 0.456 e. The fourth-order valence-electron chi connectivity index (χ4n) is 9.57. The van der Waals surface area contributed by atoms with Gasteiger partial charge in [-0.05, 0) is 110 Å². The Kier molecular flexibility index (Phi) is 6.05. The second-order valence-corrected chi connectivity index (χ2v) is 14.9. The summed E-state index contributed by atoms with van der Waals surface area (Å²) in [4.78, 5) is 1.95. The van der Waals surface area contributed by atoms with Crippen molar-refractivity contribution in [1.82, 2.24) is 0 Å². The molecule has 0 radical (unpaired) electrons. The molecular formula is C55H35NO. The number of nitrogens with zero attached hydrogens (tertiary/aromatic N) is 1. The molecule has 12 rings (SSSR count). The van der Waals surface area contributed by atoms with Crippen LogP contribution >= 0.6 is 0 Å². The third-order valence-electron chi connectivity index (χ3n) is 12.0. The first-order valence-corrected chi connectivity index (χ1v) is 19.4. The highest BCUT2D eigenvalue weighted by Crippen LogP contribution is 2.64. The predicted octanol–water partition coefficient (Wildman–Crippen LogP) is 14.7. The van der Waals surface area contributed by atoms with Crippen molar-refractivity contribution < 1.29 is 9.90 Å². The zero-order chi connectivity index (χ0) is 41.0. The lowest BCUT2D eigenvalue weighted by atomic mass is 9.70. The summed E-state index contributed by atoms with van der Waals surface area (Å²) in [6.07, 6.45) is 0. The first-order valence-electron chi connectivity index (χ1n) is 21.4. The van der Waals surface area contributed by atoms with Gasteiger partial charge in [-0.25, -0.2) is 0 Å². The second kappa shape index (κ2) is 12.3. The maximum absolute atomic E-state index is 9.71. The number of furan rings is 1. The molecule has 1 spiro atoms. The summed E-state index contributed by atoms with van der Waals surface area (Å²) in [5.41, 5.74) is 14.9. The van der Waals surface area contributed by atoms with Crippen LogP contribution in [-0.2, 0) is 5.41 Å². The van der Waals surface area contributed by atoms with Crippen LogP contribution in [0.25, 0.3) is 66.4 Å². The lowest BCUT2D eigenvalue weighted by molar-refractivity contribution is 0.669. The van der Waals surface area contributed by atoms with E-state index >= 15 is 0 Å². The number of hydrogen-bond donors (Lipinski definition) is 0. The quantitative estimate of drug-likeness (QED) is 0.175. The van der Waals surface area contributed by atoms with Gasteiger partial charge in [-0.15, -0.1) is 0 Å². The van der Waals surface area contributed by atoms with E-state index in [9.17, 15) is 5.48 Å². The van der Waals surface area contributed by atoms with E-state index in [0.29, 0.717) is 11.3 Å². The highest BCUT2D eigenvalue weighted by Gasteiger charge is 2.52. The highest BCUT2D eigenvalue weighted by atomic mass is 16.3. The summed E-state index contributed by atoms with van der Waals surface area (Å²) in [6, 6.07) is 63.7. The number of hydrogen-bond acceptors (Lipinski definition) is 2. The minimum absolute atomic E-state index is 0.0902. The maximum atomic E-state index is 9.71. The van der Waals surface area contributed by atoms with Crippen LogP contribution in [0.1, 0.15) is 27.7 Å². The number of fused-ring (bicyclic) bond motifs is 13. The normalized spacial score (nSPS) is 14.0. The zero-order valence-corrected chi connectivity index (χ0v) is 30.8. The van der Waals surface area contributed by atoms with Gasteiger partial charge in [0.05, 0.1) is 16.6 Å². The van der Waals surface area contributed by atoms with Crippen LogP contribution < -0.4 is 4.90 Å². The summed E-state index contributed by atoms with van der Waals surface area (Å²) in [6.45, 7) is 0. The van der Waals surface area contributed by atoms with Gasteiger partial charge in [-0.1, -0.05) is 164 Å².